The monoisotopic (exact) mass is 440 g/mol. The highest BCUT2D eigenvalue weighted by Crippen LogP contribution is 2.30. The van der Waals surface area contributed by atoms with Crippen LogP contribution in [0.4, 0.5) is 0 Å². The summed E-state index contributed by atoms with van der Waals surface area (Å²) in [5, 5.41) is 23.7. The maximum Gasteiger partial charge on any atom is 0.335 e. The molecular formula is C24H20N6O3. The van der Waals surface area contributed by atoms with E-state index >= 15 is 0 Å². The summed E-state index contributed by atoms with van der Waals surface area (Å²) in [6.45, 7) is 2.84. The number of tetrazole rings is 1. The second-order valence-corrected chi connectivity index (χ2v) is 7.40. The molecule has 0 atom stereocenters. The number of imidazole rings is 1. The Morgan fingerprint density at radius 1 is 1.06 bits per heavy atom. The average Bonchev–Trinajstić information content (AvgIpc) is 3.48. The van der Waals surface area contributed by atoms with Crippen molar-refractivity contribution in [3.05, 3.63) is 77.9 Å². The van der Waals surface area contributed by atoms with Gasteiger partial charge in [0.05, 0.1) is 29.7 Å². The molecule has 0 aliphatic rings. The summed E-state index contributed by atoms with van der Waals surface area (Å²) in [6, 6.07) is 21.4. The van der Waals surface area contributed by atoms with Gasteiger partial charge in [-0.25, -0.2) is 4.79 Å². The number of hydrogen-bond donors (Lipinski definition) is 2. The van der Waals surface area contributed by atoms with Crippen LogP contribution in [0.3, 0.4) is 0 Å². The van der Waals surface area contributed by atoms with Gasteiger partial charge in [-0.15, -0.1) is 10.2 Å². The highest BCUT2D eigenvalue weighted by molar-refractivity contribution is 5.92. The van der Waals surface area contributed by atoms with E-state index in [-0.39, 0.29) is 5.56 Å². The second kappa shape index (κ2) is 8.54. The second-order valence-electron chi connectivity index (χ2n) is 7.40. The maximum absolute atomic E-state index is 11.5. The largest absolute Gasteiger partial charge is 0.478 e. The Morgan fingerprint density at radius 3 is 2.55 bits per heavy atom. The third-order valence-electron chi connectivity index (χ3n) is 5.35. The zero-order chi connectivity index (χ0) is 22.8. The first-order valence-corrected chi connectivity index (χ1v) is 10.4. The number of ether oxygens (including phenoxy) is 1. The molecule has 0 saturated carbocycles. The quantitative estimate of drug-likeness (QED) is 0.392. The molecule has 0 fully saturated rings. The van der Waals surface area contributed by atoms with Crippen molar-refractivity contribution in [1.29, 1.82) is 0 Å². The number of carbonyl (C=O) groups is 1. The van der Waals surface area contributed by atoms with Gasteiger partial charge in [-0.1, -0.05) is 48.5 Å². The SMILES string of the molecule is CCOc1nc2ccc(C(=O)O)cc2n1Cc1ccc(-c2ccccc2-c2nn[nH]n2)cc1. The molecule has 0 unspecified atom stereocenters. The van der Waals surface area contributed by atoms with E-state index in [0.717, 1.165) is 22.3 Å². The van der Waals surface area contributed by atoms with E-state index < -0.39 is 5.97 Å². The minimum Gasteiger partial charge on any atom is -0.478 e. The molecule has 0 spiro atoms. The fourth-order valence-electron chi connectivity index (χ4n) is 3.80. The molecule has 0 saturated heterocycles. The highest BCUT2D eigenvalue weighted by Gasteiger charge is 2.15. The Morgan fingerprint density at radius 2 is 1.85 bits per heavy atom. The molecule has 33 heavy (non-hydrogen) atoms. The fourth-order valence-corrected chi connectivity index (χ4v) is 3.80. The zero-order valence-electron chi connectivity index (χ0n) is 17.8. The van der Waals surface area contributed by atoms with Crippen LogP contribution in [0.5, 0.6) is 6.01 Å². The molecule has 2 heterocycles. The van der Waals surface area contributed by atoms with Crippen molar-refractivity contribution in [2.45, 2.75) is 13.5 Å². The maximum atomic E-state index is 11.5. The number of hydrogen-bond acceptors (Lipinski definition) is 6. The number of aromatic nitrogens is 6. The van der Waals surface area contributed by atoms with Gasteiger partial charge < -0.3 is 9.84 Å². The Labute approximate surface area is 188 Å². The molecule has 9 nitrogen and oxygen atoms in total. The van der Waals surface area contributed by atoms with Gasteiger partial charge in [0.25, 0.3) is 6.01 Å². The molecule has 0 amide bonds. The van der Waals surface area contributed by atoms with Crippen molar-refractivity contribution in [3.63, 3.8) is 0 Å². The number of benzene rings is 3. The summed E-state index contributed by atoms with van der Waals surface area (Å²) in [4.78, 5) is 16.0. The van der Waals surface area contributed by atoms with E-state index in [2.05, 4.69) is 25.6 Å². The first-order chi connectivity index (χ1) is 16.1. The lowest BCUT2D eigenvalue weighted by atomic mass is 9.98. The van der Waals surface area contributed by atoms with Crippen molar-refractivity contribution < 1.29 is 14.6 Å². The summed E-state index contributed by atoms with van der Waals surface area (Å²) in [6.07, 6.45) is 0. The number of rotatable bonds is 7. The van der Waals surface area contributed by atoms with Crippen LogP contribution in [0, 0.1) is 0 Å². The van der Waals surface area contributed by atoms with E-state index in [0.29, 0.717) is 36.0 Å². The summed E-state index contributed by atoms with van der Waals surface area (Å²) >= 11 is 0. The lowest BCUT2D eigenvalue weighted by Gasteiger charge is -2.11. The van der Waals surface area contributed by atoms with Crippen LogP contribution in [-0.2, 0) is 6.54 Å². The number of H-pyrrole nitrogens is 1. The van der Waals surface area contributed by atoms with Gasteiger partial charge in [-0.2, -0.15) is 10.2 Å². The predicted molar refractivity (Wildman–Crippen MR) is 122 cm³/mol. The molecule has 5 aromatic rings. The molecule has 0 aliphatic heterocycles. The molecule has 3 aromatic carbocycles. The number of nitrogens with zero attached hydrogens (tertiary/aromatic N) is 5. The van der Waals surface area contributed by atoms with Crippen LogP contribution in [0.15, 0.2) is 66.7 Å². The fraction of sp³-hybridized carbons (Fsp3) is 0.125. The lowest BCUT2D eigenvalue weighted by molar-refractivity contribution is 0.0697. The third kappa shape index (κ3) is 3.91. The number of aromatic carboxylic acids is 1. The van der Waals surface area contributed by atoms with E-state index in [9.17, 15) is 9.90 Å². The molecular weight excluding hydrogens is 420 g/mol. The summed E-state index contributed by atoms with van der Waals surface area (Å²) in [5.41, 5.74) is 5.54. The number of nitrogens with one attached hydrogen (secondary N) is 1. The summed E-state index contributed by atoms with van der Waals surface area (Å²) in [5.74, 6) is -0.442. The molecule has 2 aromatic heterocycles. The van der Waals surface area contributed by atoms with Crippen molar-refractivity contribution >= 4 is 17.0 Å². The van der Waals surface area contributed by atoms with Crippen LogP contribution in [0.2, 0.25) is 0 Å². The molecule has 9 heteroatoms. The van der Waals surface area contributed by atoms with Gasteiger partial charge in [-0.05, 0) is 47.0 Å². The first-order valence-electron chi connectivity index (χ1n) is 10.4. The Hall–Kier alpha value is -4.53. The number of fused-ring (bicyclic) bond motifs is 1. The Kier molecular flexibility index (Phi) is 5.27. The van der Waals surface area contributed by atoms with Crippen LogP contribution in [0.25, 0.3) is 33.5 Å². The molecule has 5 rings (SSSR count). The van der Waals surface area contributed by atoms with Crippen LogP contribution in [-0.4, -0.2) is 47.9 Å². The van der Waals surface area contributed by atoms with Gasteiger partial charge in [0.2, 0.25) is 5.82 Å². The molecule has 0 aliphatic carbocycles. The molecule has 164 valence electrons. The normalized spacial score (nSPS) is 11.1. The van der Waals surface area contributed by atoms with Crippen molar-refractivity contribution in [2.24, 2.45) is 0 Å². The highest BCUT2D eigenvalue weighted by atomic mass is 16.5. The smallest absolute Gasteiger partial charge is 0.335 e. The zero-order valence-corrected chi connectivity index (χ0v) is 17.8. The van der Waals surface area contributed by atoms with E-state index in [4.69, 9.17) is 4.74 Å². The van der Waals surface area contributed by atoms with Crippen LogP contribution >= 0.6 is 0 Å². The van der Waals surface area contributed by atoms with Gasteiger partial charge in [0.15, 0.2) is 0 Å². The standard InChI is InChI=1S/C24H20N6O3/c1-2-33-24-25-20-12-11-17(23(31)32)13-21(20)30(24)14-15-7-9-16(10-8-15)18-5-3-4-6-19(18)22-26-28-29-27-22/h3-13H,2,14H2,1H3,(H,31,32)(H,26,27,28,29). The van der Waals surface area contributed by atoms with Crippen molar-refractivity contribution in [3.8, 4) is 28.5 Å². The molecule has 2 N–H and O–H groups in total. The predicted octanol–water partition coefficient (Wildman–Crippen LogP) is 4.03. The number of aromatic amines is 1. The van der Waals surface area contributed by atoms with E-state index in [1.165, 1.54) is 0 Å². The molecule has 0 radical (unpaired) electrons. The minimum atomic E-state index is -0.979. The van der Waals surface area contributed by atoms with Crippen LogP contribution < -0.4 is 4.74 Å². The average molecular weight is 440 g/mol. The Bertz CT molecular complexity index is 1420. The van der Waals surface area contributed by atoms with Gasteiger partial charge in [0, 0.05) is 5.56 Å². The van der Waals surface area contributed by atoms with Crippen LogP contribution in [0.1, 0.15) is 22.8 Å². The first kappa shape index (κ1) is 20.4. The van der Waals surface area contributed by atoms with E-state index in [1.807, 2.05) is 60.0 Å². The minimum absolute atomic E-state index is 0.208. The lowest BCUT2D eigenvalue weighted by Crippen LogP contribution is -2.05. The topological polar surface area (TPSA) is 119 Å². The summed E-state index contributed by atoms with van der Waals surface area (Å²) < 4.78 is 7.62. The third-order valence-corrected chi connectivity index (χ3v) is 5.35. The van der Waals surface area contributed by atoms with Gasteiger partial charge in [-0.3, -0.25) is 4.57 Å². The summed E-state index contributed by atoms with van der Waals surface area (Å²) in [7, 11) is 0. The number of carboxylic acids is 1. The van der Waals surface area contributed by atoms with Crippen molar-refractivity contribution in [1.82, 2.24) is 30.2 Å². The van der Waals surface area contributed by atoms with Gasteiger partial charge >= 0.3 is 5.97 Å². The molecule has 0 bridgehead atoms. The van der Waals surface area contributed by atoms with E-state index in [1.54, 1.807) is 18.2 Å². The van der Waals surface area contributed by atoms with Gasteiger partial charge in [0.1, 0.15) is 0 Å². The number of carboxylic acid groups (broad SMARTS) is 1. The Balaban J connectivity index is 1.50. The van der Waals surface area contributed by atoms with Crippen molar-refractivity contribution in [2.75, 3.05) is 6.61 Å².